The maximum absolute atomic E-state index is 13.5. The summed E-state index contributed by atoms with van der Waals surface area (Å²) in [6.07, 6.45) is 2.00. The lowest BCUT2D eigenvalue weighted by atomic mass is 10.1. The van der Waals surface area contributed by atoms with Crippen LogP contribution in [0, 0.1) is 12.7 Å². The number of nitrogens with one attached hydrogen (secondary N) is 1. The molecule has 0 spiro atoms. The van der Waals surface area contributed by atoms with E-state index in [1.165, 1.54) is 18.2 Å². The maximum Gasteiger partial charge on any atom is 0.244 e. The minimum atomic E-state index is -1.07. The van der Waals surface area contributed by atoms with E-state index >= 15 is 0 Å². The van der Waals surface area contributed by atoms with E-state index in [1.807, 2.05) is 31.2 Å². The van der Waals surface area contributed by atoms with E-state index in [0.717, 1.165) is 11.1 Å². The standard InChI is InChI=1S/C18H18FNO2/c1-13-6-8-14(9-7-13)10-11-18(22)20-12-17(21)15-4-2-3-5-16(15)19/h2-11,17,21H,12H2,1H3,(H,20,22)/b11-10+. The third kappa shape index (κ3) is 4.53. The van der Waals surface area contributed by atoms with Crippen molar-refractivity contribution in [3.05, 3.63) is 77.1 Å². The van der Waals surface area contributed by atoms with Crippen LogP contribution in [0.25, 0.3) is 6.08 Å². The third-order valence-electron chi connectivity index (χ3n) is 3.24. The molecule has 2 N–H and O–H groups in total. The topological polar surface area (TPSA) is 49.3 Å². The summed E-state index contributed by atoms with van der Waals surface area (Å²) in [5.74, 6) is -0.824. The molecule has 0 aliphatic carbocycles. The zero-order valence-corrected chi connectivity index (χ0v) is 12.3. The molecule has 3 nitrogen and oxygen atoms in total. The highest BCUT2D eigenvalue weighted by atomic mass is 19.1. The number of aliphatic hydroxyl groups is 1. The number of carbonyl (C=O) groups excluding carboxylic acids is 1. The molecule has 1 atom stereocenters. The molecule has 4 heteroatoms. The van der Waals surface area contributed by atoms with Crippen LogP contribution in [-0.4, -0.2) is 17.6 Å². The Morgan fingerprint density at radius 2 is 1.91 bits per heavy atom. The lowest BCUT2D eigenvalue weighted by Crippen LogP contribution is -2.27. The first-order valence-corrected chi connectivity index (χ1v) is 7.01. The van der Waals surface area contributed by atoms with Crippen molar-refractivity contribution in [2.75, 3.05) is 6.54 Å². The molecule has 0 aliphatic rings. The van der Waals surface area contributed by atoms with Crippen LogP contribution in [-0.2, 0) is 4.79 Å². The molecule has 1 amide bonds. The van der Waals surface area contributed by atoms with Crippen molar-refractivity contribution in [3.63, 3.8) is 0 Å². The predicted molar refractivity (Wildman–Crippen MR) is 84.6 cm³/mol. The number of carbonyl (C=O) groups is 1. The molecule has 0 saturated carbocycles. The lowest BCUT2D eigenvalue weighted by molar-refractivity contribution is -0.116. The van der Waals surface area contributed by atoms with E-state index in [-0.39, 0.29) is 18.0 Å². The largest absolute Gasteiger partial charge is 0.386 e. The second-order valence-electron chi connectivity index (χ2n) is 5.03. The molecule has 0 aliphatic heterocycles. The summed E-state index contributed by atoms with van der Waals surface area (Å²) in [7, 11) is 0. The van der Waals surface area contributed by atoms with Gasteiger partial charge in [-0.2, -0.15) is 0 Å². The Hall–Kier alpha value is -2.46. The zero-order valence-electron chi connectivity index (χ0n) is 12.3. The Morgan fingerprint density at radius 3 is 2.59 bits per heavy atom. The SMILES string of the molecule is Cc1ccc(/C=C/C(=O)NCC(O)c2ccccc2F)cc1. The molecule has 1 unspecified atom stereocenters. The van der Waals surface area contributed by atoms with Gasteiger partial charge in [0.25, 0.3) is 0 Å². The van der Waals surface area contributed by atoms with Gasteiger partial charge in [-0.25, -0.2) is 4.39 Å². The van der Waals surface area contributed by atoms with E-state index < -0.39 is 11.9 Å². The fourth-order valence-corrected chi connectivity index (χ4v) is 1.96. The van der Waals surface area contributed by atoms with Crippen molar-refractivity contribution in [2.24, 2.45) is 0 Å². The van der Waals surface area contributed by atoms with Crippen LogP contribution >= 0.6 is 0 Å². The van der Waals surface area contributed by atoms with E-state index in [1.54, 1.807) is 18.2 Å². The van der Waals surface area contributed by atoms with Crippen molar-refractivity contribution in [1.82, 2.24) is 5.32 Å². The number of hydrogen-bond acceptors (Lipinski definition) is 2. The summed E-state index contributed by atoms with van der Waals surface area (Å²) >= 11 is 0. The minimum Gasteiger partial charge on any atom is -0.386 e. The van der Waals surface area contributed by atoms with Gasteiger partial charge >= 0.3 is 0 Å². The summed E-state index contributed by atoms with van der Waals surface area (Å²) in [5.41, 5.74) is 2.23. The number of aryl methyl sites for hydroxylation is 1. The summed E-state index contributed by atoms with van der Waals surface area (Å²) in [6, 6.07) is 13.7. The van der Waals surface area contributed by atoms with Gasteiger partial charge in [0.2, 0.25) is 5.91 Å². The highest BCUT2D eigenvalue weighted by molar-refractivity contribution is 5.91. The second kappa shape index (κ2) is 7.52. The first-order valence-electron chi connectivity index (χ1n) is 7.01. The molecule has 0 bridgehead atoms. The Kier molecular flexibility index (Phi) is 5.44. The van der Waals surface area contributed by atoms with Gasteiger partial charge in [-0.15, -0.1) is 0 Å². The first kappa shape index (κ1) is 15.9. The van der Waals surface area contributed by atoms with Gasteiger partial charge in [0.15, 0.2) is 0 Å². The Labute approximate surface area is 129 Å². The molecule has 0 fully saturated rings. The Balaban J connectivity index is 1.87. The van der Waals surface area contributed by atoms with Crippen molar-refractivity contribution in [3.8, 4) is 0 Å². The van der Waals surface area contributed by atoms with Crippen molar-refractivity contribution in [2.45, 2.75) is 13.0 Å². The number of benzene rings is 2. The minimum absolute atomic E-state index is 0.0436. The van der Waals surface area contributed by atoms with E-state index in [0.29, 0.717) is 0 Å². The van der Waals surface area contributed by atoms with Crippen LogP contribution in [0.5, 0.6) is 0 Å². The van der Waals surface area contributed by atoms with Crippen LogP contribution in [0.4, 0.5) is 4.39 Å². The van der Waals surface area contributed by atoms with E-state index in [2.05, 4.69) is 5.32 Å². The number of hydrogen-bond donors (Lipinski definition) is 2. The predicted octanol–water partition coefficient (Wildman–Crippen LogP) is 3.00. The van der Waals surface area contributed by atoms with E-state index in [9.17, 15) is 14.3 Å². The Morgan fingerprint density at radius 1 is 1.23 bits per heavy atom. The van der Waals surface area contributed by atoms with Gasteiger partial charge < -0.3 is 10.4 Å². The van der Waals surface area contributed by atoms with Gasteiger partial charge in [0.1, 0.15) is 5.82 Å². The highest BCUT2D eigenvalue weighted by Gasteiger charge is 2.12. The number of halogens is 1. The fraction of sp³-hybridized carbons (Fsp3) is 0.167. The molecule has 0 radical (unpaired) electrons. The number of aliphatic hydroxyl groups excluding tert-OH is 1. The van der Waals surface area contributed by atoms with Crippen LogP contribution < -0.4 is 5.32 Å². The maximum atomic E-state index is 13.5. The molecule has 0 heterocycles. The highest BCUT2D eigenvalue weighted by Crippen LogP contribution is 2.15. The molecule has 0 saturated heterocycles. The molecule has 22 heavy (non-hydrogen) atoms. The summed E-state index contributed by atoms with van der Waals surface area (Å²) < 4.78 is 13.5. The summed E-state index contributed by atoms with van der Waals surface area (Å²) in [4.78, 5) is 11.7. The van der Waals surface area contributed by atoms with Crippen molar-refractivity contribution >= 4 is 12.0 Å². The fourth-order valence-electron chi connectivity index (χ4n) is 1.96. The van der Waals surface area contributed by atoms with Crippen LogP contribution in [0.3, 0.4) is 0 Å². The van der Waals surface area contributed by atoms with Crippen LogP contribution in [0.15, 0.2) is 54.6 Å². The average Bonchev–Trinajstić information content (AvgIpc) is 2.52. The first-order chi connectivity index (χ1) is 10.6. The van der Waals surface area contributed by atoms with Gasteiger partial charge in [-0.1, -0.05) is 48.0 Å². The van der Waals surface area contributed by atoms with Gasteiger partial charge in [-0.3, -0.25) is 4.79 Å². The van der Waals surface area contributed by atoms with Gasteiger partial charge in [-0.05, 0) is 24.6 Å². The molecule has 2 rings (SSSR count). The molecular weight excluding hydrogens is 281 g/mol. The van der Waals surface area contributed by atoms with Crippen molar-refractivity contribution in [1.29, 1.82) is 0 Å². The third-order valence-corrected chi connectivity index (χ3v) is 3.24. The normalized spacial score (nSPS) is 12.3. The average molecular weight is 299 g/mol. The lowest BCUT2D eigenvalue weighted by Gasteiger charge is -2.12. The van der Waals surface area contributed by atoms with E-state index in [4.69, 9.17) is 0 Å². The van der Waals surface area contributed by atoms with Crippen LogP contribution in [0.2, 0.25) is 0 Å². The quantitative estimate of drug-likeness (QED) is 0.834. The number of rotatable bonds is 5. The molecular formula is C18H18FNO2. The summed E-state index contributed by atoms with van der Waals surface area (Å²) in [6.45, 7) is 1.95. The Bertz CT molecular complexity index is 665. The summed E-state index contributed by atoms with van der Waals surface area (Å²) in [5, 5.41) is 12.4. The van der Waals surface area contributed by atoms with Gasteiger partial charge in [0.05, 0.1) is 6.10 Å². The second-order valence-corrected chi connectivity index (χ2v) is 5.03. The molecule has 2 aromatic rings. The monoisotopic (exact) mass is 299 g/mol. The zero-order chi connectivity index (χ0) is 15.9. The van der Waals surface area contributed by atoms with Crippen molar-refractivity contribution < 1.29 is 14.3 Å². The van der Waals surface area contributed by atoms with Crippen LogP contribution in [0.1, 0.15) is 22.8 Å². The smallest absolute Gasteiger partial charge is 0.244 e. The molecule has 2 aromatic carbocycles. The molecule has 0 aromatic heterocycles. The molecule has 114 valence electrons. The van der Waals surface area contributed by atoms with Gasteiger partial charge in [0, 0.05) is 18.2 Å². The number of amides is 1.